The molecule has 1 aliphatic rings. The van der Waals surface area contributed by atoms with Crippen molar-refractivity contribution in [1.29, 1.82) is 0 Å². The zero-order valence-electron chi connectivity index (χ0n) is 11.8. The van der Waals surface area contributed by atoms with Gasteiger partial charge in [0.1, 0.15) is 5.69 Å². The molecule has 1 aliphatic heterocycles. The Morgan fingerprint density at radius 2 is 2.37 bits per heavy atom. The van der Waals surface area contributed by atoms with Gasteiger partial charge in [0.25, 0.3) is 5.91 Å². The quantitative estimate of drug-likeness (QED) is 0.880. The maximum atomic E-state index is 12.0. The number of piperidine rings is 1. The van der Waals surface area contributed by atoms with Gasteiger partial charge in [-0.25, -0.2) is 0 Å². The molecule has 1 unspecified atom stereocenters. The molecule has 108 valence electrons. The van der Waals surface area contributed by atoms with Crippen molar-refractivity contribution in [3.05, 3.63) is 17.5 Å². The lowest BCUT2D eigenvalue weighted by molar-refractivity contribution is 0.0919. The molecule has 0 aromatic carbocycles. The molecule has 5 nitrogen and oxygen atoms in total. The van der Waals surface area contributed by atoms with Crippen LogP contribution in [0.5, 0.6) is 0 Å². The summed E-state index contributed by atoms with van der Waals surface area (Å²) < 4.78 is 1.72. The maximum Gasteiger partial charge on any atom is 0.271 e. The van der Waals surface area contributed by atoms with E-state index in [0.29, 0.717) is 12.2 Å². The van der Waals surface area contributed by atoms with Crippen LogP contribution in [-0.2, 0) is 7.05 Å². The van der Waals surface area contributed by atoms with Crippen molar-refractivity contribution in [2.24, 2.45) is 12.5 Å². The summed E-state index contributed by atoms with van der Waals surface area (Å²) in [5.74, 6) is -0.0782. The van der Waals surface area contributed by atoms with E-state index in [1.165, 1.54) is 6.42 Å². The van der Waals surface area contributed by atoms with Gasteiger partial charge in [-0.05, 0) is 37.8 Å². The lowest BCUT2D eigenvalue weighted by Gasteiger charge is -2.34. The Morgan fingerprint density at radius 3 is 2.89 bits per heavy atom. The highest BCUT2D eigenvalue weighted by atomic mass is 35.5. The van der Waals surface area contributed by atoms with Gasteiger partial charge in [-0.15, -0.1) is 12.4 Å². The van der Waals surface area contributed by atoms with Crippen LogP contribution in [0.2, 0.25) is 0 Å². The van der Waals surface area contributed by atoms with Gasteiger partial charge in [0.05, 0.1) is 0 Å². The first-order valence-electron chi connectivity index (χ1n) is 6.50. The molecule has 1 atom stereocenters. The van der Waals surface area contributed by atoms with Crippen LogP contribution in [0.3, 0.4) is 0 Å². The monoisotopic (exact) mass is 286 g/mol. The zero-order chi connectivity index (χ0) is 13.2. The summed E-state index contributed by atoms with van der Waals surface area (Å²) in [6.07, 6.45) is 2.33. The Kier molecular flexibility index (Phi) is 5.38. The maximum absolute atomic E-state index is 12.0. The van der Waals surface area contributed by atoms with Crippen molar-refractivity contribution in [1.82, 2.24) is 20.4 Å². The van der Waals surface area contributed by atoms with Gasteiger partial charge in [-0.2, -0.15) is 5.10 Å². The van der Waals surface area contributed by atoms with E-state index in [0.717, 1.165) is 25.2 Å². The predicted octanol–water partition coefficient (Wildman–Crippen LogP) is 1.27. The van der Waals surface area contributed by atoms with Crippen LogP contribution in [0.1, 0.15) is 35.9 Å². The van der Waals surface area contributed by atoms with Crippen molar-refractivity contribution in [3.63, 3.8) is 0 Å². The number of carbonyl (C=O) groups excluding carboxylic acids is 1. The van der Waals surface area contributed by atoms with Gasteiger partial charge in [-0.3, -0.25) is 9.48 Å². The molecule has 19 heavy (non-hydrogen) atoms. The molecule has 0 spiro atoms. The molecular weight excluding hydrogens is 264 g/mol. The highest BCUT2D eigenvalue weighted by molar-refractivity contribution is 5.92. The molecule has 0 aliphatic carbocycles. The molecule has 1 aromatic heterocycles. The summed E-state index contributed by atoms with van der Waals surface area (Å²) in [4.78, 5) is 12.0. The summed E-state index contributed by atoms with van der Waals surface area (Å²) in [5, 5.41) is 10.6. The molecule has 2 N–H and O–H groups in total. The second-order valence-electron chi connectivity index (χ2n) is 5.57. The third kappa shape index (κ3) is 3.94. The minimum Gasteiger partial charge on any atom is -0.350 e. The number of carbonyl (C=O) groups is 1. The molecular formula is C13H23ClN4O. The molecule has 6 heteroatoms. The largest absolute Gasteiger partial charge is 0.350 e. The fourth-order valence-electron chi connectivity index (χ4n) is 2.33. The molecule has 1 aromatic rings. The van der Waals surface area contributed by atoms with Crippen LogP contribution in [0, 0.1) is 12.3 Å². The third-order valence-electron chi connectivity index (χ3n) is 3.71. The highest BCUT2D eigenvalue weighted by Gasteiger charge is 2.27. The van der Waals surface area contributed by atoms with Gasteiger partial charge >= 0.3 is 0 Å². The van der Waals surface area contributed by atoms with Crippen molar-refractivity contribution in [3.8, 4) is 0 Å². The third-order valence-corrected chi connectivity index (χ3v) is 3.71. The Bertz CT molecular complexity index is 418. The Hall–Kier alpha value is -1.07. The topological polar surface area (TPSA) is 59.0 Å². The lowest BCUT2D eigenvalue weighted by Crippen LogP contribution is -2.45. The lowest BCUT2D eigenvalue weighted by atomic mass is 9.83. The smallest absolute Gasteiger partial charge is 0.271 e. The van der Waals surface area contributed by atoms with E-state index in [4.69, 9.17) is 0 Å². The Balaban J connectivity index is 0.00000180. The number of aryl methyl sites for hydroxylation is 2. The number of aromatic nitrogens is 2. The van der Waals surface area contributed by atoms with Crippen LogP contribution >= 0.6 is 12.4 Å². The van der Waals surface area contributed by atoms with Crippen molar-refractivity contribution >= 4 is 18.3 Å². The number of nitrogens with one attached hydrogen (secondary N) is 2. The molecule has 1 fully saturated rings. The molecule has 2 rings (SSSR count). The zero-order valence-corrected chi connectivity index (χ0v) is 12.6. The summed E-state index contributed by atoms with van der Waals surface area (Å²) in [7, 11) is 1.85. The minimum atomic E-state index is -0.0782. The molecule has 0 bridgehead atoms. The van der Waals surface area contributed by atoms with Gasteiger partial charge in [0.2, 0.25) is 0 Å². The van der Waals surface area contributed by atoms with Crippen LogP contribution in [0.4, 0.5) is 0 Å². The Morgan fingerprint density at radius 1 is 1.63 bits per heavy atom. The van der Waals surface area contributed by atoms with Gasteiger partial charge in [-0.1, -0.05) is 6.92 Å². The number of nitrogens with zero attached hydrogens (tertiary/aromatic N) is 2. The average molecular weight is 287 g/mol. The predicted molar refractivity (Wildman–Crippen MR) is 77.7 cm³/mol. The summed E-state index contributed by atoms with van der Waals surface area (Å²) in [6, 6.07) is 1.82. The van der Waals surface area contributed by atoms with Crippen molar-refractivity contribution in [2.45, 2.75) is 26.7 Å². The number of hydrogen-bond donors (Lipinski definition) is 2. The van der Waals surface area contributed by atoms with E-state index < -0.39 is 0 Å². The minimum absolute atomic E-state index is 0. The first-order valence-corrected chi connectivity index (χ1v) is 6.50. The van der Waals surface area contributed by atoms with Crippen LogP contribution < -0.4 is 10.6 Å². The fourth-order valence-corrected chi connectivity index (χ4v) is 2.33. The fraction of sp³-hybridized carbons (Fsp3) is 0.692. The van der Waals surface area contributed by atoms with Crippen LogP contribution in [0.15, 0.2) is 6.07 Å². The van der Waals surface area contributed by atoms with Crippen LogP contribution in [-0.4, -0.2) is 35.3 Å². The van der Waals surface area contributed by atoms with E-state index in [-0.39, 0.29) is 23.7 Å². The highest BCUT2D eigenvalue weighted by Crippen LogP contribution is 2.24. The molecule has 0 saturated carbocycles. The first-order chi connectivity index (χ1) is 8.50. The number of halogens is 1. The second kappa shape index (κ2) is 6.39. The van der Waals surface area contributed by atoms with Crippen LogP contribution in [0.25, 0.3) is 0 Å². The Labute approximate surface area is 120 Å². The number of amides is 1. The molecule has 1 saturated heterocycles. The van der Waals surface area contributed by atoms with Gasteiger partial charge in [0.15, 0.2) is 0 Å². The normalized spacial score (nSPS) is 22.7. The first kappa shape index (κ1) is 16.0. The van der Waals surface area contributed by atoms with E-state index in [1.54, 1.807) is 4.68 Å². The van der Waals surface area contributed by atoms with Gasteiger partial charge < -0.3 is 10.6 Å². The van der Waals surface area contributed by atoms with Crippen molar-refractivity contribution in [2.75, 3.05) is 19.6 Å². The average Bonchev–Trinajstić information content (AvgIpc) is 2.68. The number of rotatable bonds is 3. The van der Waals surface area contributed by atoms with E-state index in [9.17, 15) is 4.79 Å². The molecule has 2 heterocycles. The van der Waals surface area contributed by atoms with Crippen molar-refractivity contribution < 1.29 is 4.79 Å². The summed E-state index contributed by atoms with van der Waals surface area (Å²) in [6.45, 7) is 6.91. The second-order valence-corrected chi connectivity index (χ2v) is 5.57. The molecule has 1 amide bonds. The standard InChI is InChI=1S/C13H22N4O.ClH/c1-10-7-11(16-17(10)3)12(18)15-9-13(2)5-4-6-14-8-13;/h7,14H,4-6,8-9H2,1-3H3,(H,15,18);1H. The van der Waals surface area contributed by atoms with Gasteiger partial charge in [0, 0.05) is 25.8 Å². The molecule has 0 radical (unpaired) electrons. The van der Waals surface area contributed by atoms with E-state index in [1.807, 2.05) is 20.0 Å². The van der Waals surface area contributed by atoms with E-state index in [2.05, 4.69) is 22.7 Å². The van der Waals surface area contributed by atoms with E-state index >= 15 is 0 Å². The summed E-state index contributed by atoms with van der Waals surface area (Å²) >= 11 is 0. The summed E-state index contributed by atoms with van der Waals surface area (Å²) in [5.41, 5.74) is 1.66. The number of hydrogen-bond acceptors (Lipinski definition) is 3. The SMILES string of the molecule is Cc1cc(C(=O)NCC2(C)CCCNC2)nn1C.Cl.